The second kappa shape index (κ2) is 10.9. The lowest BCUT2D eigenvalue weighted by Crippen LogP contribution is -2.56. The van der Waals surface area contributed by atoms with Gasteiger partial charge in [-0.1, -0.05) is 12.1 Å². The molecule has 3 aliphatic rings. The molecule has 11 heteroatoms. The Kier molecular flexibility index (Phi) is 7.66. The number of hydrogen-bond donors (Lipinski definition) is 4. The van der Waals surface area contributed by atoms with Gasteiger partial charge in [0.1, 0.15) is 18.1 Å². The van der Waals surface area contributed by atoms with Crippen molar-refractivity contribution in [2.24, 2.45) is 5.73 Å². The number of benzene rings is 1. The lowest BCUT2D eigenvalue weighted by Gasteiger charge is -2.28. The van der Waals surface area contributed by atoms with Gasteiger partial charge in [0, 0.05) is 18.5 Å². The number of rotatable bonds is 7. The SMILES string of the molecule is NC(=O)C[C@H](NC(=O)[C@@H]1CCC(=O)N1)C(=O)N1CCC[C@H]1C(=O)NC(=O)c1cccc2c1CCCC2. The number of carbonyl (C=O) groups excluding carboxylic acids is 6. The van der Waals surface area contributed by atoms with Gasteiger partial charge in [-0.15, -0.1) is 0 Å². The van der Waals surface area contributed by atoms with Crippen molar-refractivity contribution in [3.63, 3.8) is 0 Å². The summed E-state index contributed by atoms with van der Waals surface area (Å²) in [5, 5.41) is 7.46. The maximum atomic E-state index is 13.3. The van der Waals surface area contributed by atoms with Gasteiger partial charge in [0.05, 0.1) is 6.42 Å². The molecule has 5 N–H and O–H groups in total. The topological polar surface area (TPSA) is 168 Å². The van der Waals surface area contributed by atoms with Crippen LogP contribution in [0.5, 0.6) is 0 Å². The number of aryl methyl sites for hydroxylation is 1. The molecule has 11 nitrogen and oxygen atoms in total. The van der Waals surface area contributed by atoms with Gasteiger partial charge in [-0.2, -0.15) is 0 Å². The minimum absolute atomic E-state index is 0.194. The molecule has 0 saturated carbocycles. The highest BCUT2D eigenvalue weighted by Gasteiger charge is 2.40. The van der Waals surface area contributed by atoms with Crippen LogP contribution in [0.3, 0.4) is 0 Å². The highest BCUT2D eigenvalue weighted by Crippen LogP contribution is 2.25. The van der Waals surface area contributed by atoms with Crippen LogP contribution in [0.2, 0.25) is 0 Å². The molecular formula is C25H31N5O6. The maximum Gasteiger partial charge on any atom is 0.258 e. The van der Waals surface area contributed by atoms with E-state index in [1.807, 2.05) is 6.07 Å². The normalized spacial score (nSPS) is 21.8. The Labute approximate surface area is 208 Å². The zero-order valence-electron chi connectivity index (χ0n) is 20.0. The number of imide groups is 1. The van der Waals surface area contributed by atoms with Gasteiger partial charge in [0.25, 0.3) is 5.91 Å². The molecule has 36 heavy (non-hydrogen) atoms. The second-order valence-corrected chi connectivity index (χ2v) is 9.55. The third kappa shape index (κ3) is 5.55. The molecule has 0 radical (unpaired) electrons. The minimum atomic E-state index is -1.28. The average Bonchev–Trinajstić information content (AvgIpc) is 3.52. The summed E-state index contributed by atoms with van der Waals surface area (Å²) in [6.07, 6.45) is 4.60. The molecule has 2 saturated heterocycles. The third-order valence-electron chi connectivity index (χ3n) is 7.05. The fourth-order valence-electron chi connectivity index (χ4n) is 5.24. The largest absolute Gasteiger partial charge is 0.370 e. The first-order chi connectivity index (χ1) is 17.2. The van der Waals surface area contributed by atoms with Gasteiger partial charge >= 0.3 is 0 Å². The van der Waals surface area contributed by atoms with E-state index in [1.54, 1.807) is 12.1 Å². The van der Waals surface area contributed by atoms with E-state index in [2.05, 4.69) is 16.0 Å². The van der Waals surface area contributed by atoms with Crippen molar-refractivity contribution in [2.45, 2.75) is 75.9 Å². The molecular weight excluding hydrogens is 466 g/mol. The highest BCUT2D eigenvalue weighted by atomic mass is 16.2. The van der Waals surface area contributed by atoms with Crippen LogP contribution >= 0.6 is 0 Å². The number of primary amides is 1. The van der Waals surface area contributed by atoms with Gasteiger partial charge in [0.15, 0.2) is 0 Å². The van der Waals surface area contributed by atoms with Crippen LogP contribution in [0.25, 0.3) is 0 Å². The standard InChI is InChI=1S/C25H31N5O6/c26-20(31)13-18(28-23(34)17-10-11-21(32)27-17)25(36)30-12-4-9-19(30)24(35)29-22(33)16-8-3-6-14-5-1-2-7-15(14)16/h3,6,8,17-19H,1-2,4-5,7,9-13H2,(H2,26,31)(H,27,32)(H,28,34)(H,29,33,35)/t17-,18-,19-/m0/s1. The van der Waals surface area contributed by atoms with Gasteiger partial charge in [0.2, 0.25) is 29.5 Å². The van der Waals surface area contributed by atoms with Crippen molar-refractivity contribution in [2.75, 3.05) is 6.54 Å². The number of carbonyl (C=O) groups is 6. The number of fused-ring (bicyclic) bond motifs is 1. The first-order valence-electron chi connectivity index (χ1n) is 12.4. The summed E-state index contributed by atoms with van der Waals surface area (Å²) in [7, 11) is 0. The van der Waals surface area contributed by atoms with E-state index in [4.69, 9.17) is 5.73 Å². The number of nitrogens with one attached hydrogen (secondary N) is 3. The molecule has 0 unspecified atom stereocenters. The Hall–Kier alpha value is -3.76. The van der Waals surface area contributed by atoms with Gasteiger partial charge in [-0.25, -0.2) is 0 Å². The predicted octanol–water partition coefficient (Wildman–Crippen LogP) is -0.548. The van der Waals surface area contributed by atoms with E-state index in [-0.39, 0.29) is 25.3 Å². The first-order valence-corrected chi connectivity index (χ1v) is 12.4. The Bertz CT molecular complexity index is 1100. The average molecular weight is 498 g/mol. The van der Waals surface area contributed by atoms with Crippen molar-refractivity contribution < 1.29 is 28.8 Å². The molecule has 2 aliphatic heterocycles. The van der Waals surface area contributed by atoms with E-state index in [1.165, 1.54) is 4.90 Å². The summed E-state index contributed by atoms with van der Waals surface area (Å²) < 4.78 is 0. The molecule has 2 heterocycles. The number of amides is 6. The molecule has 1 aromatic carbocycles. The Balaban J connectivity index is 1.44. The van der Waals surface area contributed by atoms with Crippen LogP contribution in [0.1, 0.15) is 66.4 Å². The van der Waals surface area contributed by atoms with E-state index in [0.717, 1.165) is 36.8 Å². The van der Waals surface area contributed by atoms with Gasteiger partial charge in [-0.3, -0.25) is 34.1 Å². The van der Waals surface area contributed by atoms with Crippen LogP contribution in [0, 0.1) is 0 Å². The van der Waals surface area contributed by atoms with Crippen molar-refractivity contribution in [1.82, 2.24) is 20.9 Å². The van der Waals surface area contributed by atoms with Crippen LogP contribution in [-0.2, 0) is 36.8 Å². The molecule has 6 amide bonds. The molecule has 1 aromatic rings. The number of likely N-dealkylation sites (tertiary alicyclic amines) is 1. The highest BCUT2D eigenvalue weighted by molar-refractivity contribution is 6.08. The van der Waals surface area contributed by atoms with Crippen molar-refractivity contribution in [1.29, 1.82) is 0 Å². The Morgan fingerprint density at radius 1 is 1.03 bits per heavy atom. The lowest BCUT2D eigenvalue weighted by molar-refractivity contribution is -0.142. The molecule has 3 atom stereocenters. The summed E-state index contributed by atoms with van der Waals surface area (Å²) in [4.78, 5) is 76.3. The summed E-state index contributed by atoms with van der Waals surface area (Å²) >= 11 is 0. The van der Waals surface area contributed by atoms with Crippen LogP contribution < -0.4 is 21.7 Å². The molecule has 0 spiro atoms. The van der Waals surface area contributed by atoms with Gasteiger partial charge < -0.3 is 21.3 Å². The second-order valence-electron chi connectivity index (χ2n) is 9.55. The smallest absolute Gasteiger partial charge is 0.258 e. The van der Waals surface area contributed by atoms with Crippen molar-refractivity contribution >= 4 is 35.4 Å². The van der Waals surface area contributed by atoms with E-state index in [9.17, 15) is 28.8 Å². The predicted molar refractivity (Wildman–Crippen MR) is 127 cm³/mol. The van der Waals surface area contributed by atoms with E-state index < -0.39 is 54.1 Å². The molecule has 1 aliphatic carbocycles. The molecule has 0 aromatic heterocycles. The monoisotopic (exact) mass is 497 g/mol. The zero-order chi connectivity index (χ0) is 25.8. The van der Waals surface area contributed by atoms with Crippen LogP contribution in [-0.4, -0.2) is 65.0 Å². The van der Waals surface area contributed by atoms with E-state index in [0.29, 0.717) is 18.4 Å². The number of nitrogens with zero attached hydrogens (tertiary/aromatic N) is 1. The number of hydrogen-bond acceptors (Lipinski definition) is 6. The van der Waals surface area contributed by atoms with Crippen LogP contribution in [0.4, 0.5) is 0 Å². The molecule has 2 fully saturated rings. The summed E-state index contributed by atoms with van der Waals surface area (Å²) in [5.74, 6) is -3.40. The number of nitrogens with two attached hydrogens (primary N) is 1. The Morgan fingerprint density at radius 2 is 1.81 bits per heavy atom. The molecule has 4 rings (SSSR count). The quantitative estimate of drug-likeness (QED) is 0.369. The minimum Gasteiger partial charge on any atom is -0.370 e. The van der Waals surface area contributed by atoms with Crippen molar-refractivity contribution in [3.05, 3.63) is 34.9 Å². The first kappa shape index (κ1) is 25.3. The third-order valence-corrected chi connectivity index (χ3v) is 7.05. The lowest BCUT2D eigenvalue weighted by atomic mass is 9.88. The van der Waals surface area contributed by atoms with Gasteiger partial charge in [-0.05, 0) is 62.1 Å². The van der Waals surface area contributed by atoms with Crippen molar-refractivity contribution in [3.8, 4) is 0 Å². The maximum absolute atomic E-state index is 13.3. The Morgan fingerprint density at radius 3 is 2.53 bits per heavy atom. The summed E-state index contributed by atoms with van der Waals surface area (Å²) in [6.45, 7) is 0.233. The van der Waals surface area contributed by atoms with E-state index >= 15 is 0 Å². The summed E-state index contributed by atoms with van der Waals surface area (Å²) in [5.41, 5.74) is 7.84. The fourth-order valence-corrected chi connectivity index (χ4v) is 5.24. The fraction of sp³-hybridized carbons (Fsp3) is 0.520. The summed E-state index contributed by atoms with van der Waals surface area (Å²) in [6, 6.07) is 2.50. The zero-order valence-corrected chi connectivity index (χ0v) is 20.0. The molecule has 0 bridgehead atoms. The molecule has 192 valence electrons. The van der Waals surface area contributed by atoms with Crippen LogP contribution in [0.15, 0.2) is 18.2 Å².